The third-order valence-corrected chi connectivity index (χ3v) is 18.0. The van der Waals surface area contributed by atoms with Gasteiger partial charge in [0.1, 0.15) is 58.5 Å². The fourth-order valence-corrected chi connectivity index (χ4v) is 12.7. The molecule has 4 aliphatic rings. The van der Waals surface area contributed by atoms with Crippen LogP contribution in [-0.4, -0.2) is 232 Å². The minimum Gasteiger partial charge on any atom is -0.504 e. The summed E-state index contributed by atoms with van der Waals surface area (Å²) in [6, 6.07) is 15.0. The number of hydrogen-bond donors (Lipinski definition) is 15. The predicted molar refractivity (Wildman–Crippen MR) is 333 cm³/mol. The second-order valence-corrected chi connectivity index (χ2v) is 24.6. The van der Waals surface area contributed by atoms with Crippen molar-refractivity contribution in [2.24, 2.45) is 11.7 Å². The van der Waals surface area contributed by atoms with Crippen LogP contribution in [0.2, 0.25) is 0 Å². The summed E-state index contributed by atoms with van der Waals surface area (Å²) in [6.45, 7) is 4.13. The maximum atomic E-state index is 14.7. The molecule has 0 bridgehead atoms. The van der Waals surface area contributed by atoms with Gasteiger partial charge in [0, 0.05) is 92.6 Å². The van der Waals surface area contributed by atoms with Crippen LogP contribution in [0.1, 0.15) is 55.1 Å². The molecule has 4 aromatic carbocycles. The van der Waals surface area contributed by atoms with E-state index in [-0.39, 0.29) is 23.5 Å². The standard InChI is InChI=1S/C60H72N12O20S2/c1-29-27-72-48(49(29)79)56(86)62-26-37(74)23-39(63-52(82)31-8-10-32(11-9-31)57-67-68-58(93-57)33-12-15-36(16-13-33)70-20-18-69(19-21-70)35-6-4-3-5-7-35)53(83)64-45(30(2)73)59(87)71-28-38(75)24-40(71)54(84)66-47(55(85)65-46(60(72)88)42(77)25-44(61)78)51(81)50(80)34-14-17-41(76)43(22-34)90-94-92-91-89/h3-17,22,29-30,37-40,42,45-51,73-77,79-81,89H,18-21,23-28H2,1-2H3,(H2,61,78)(H,62,86)(H,63,82)(H,64,83)(H,65,85)(H,66,84). The average molecular weight is 1350 g/mol. The number of piperazine rings is 1. The topological polar surface area (TPSA) is 471 Å². The van der Waals surface area contributed by atoms with Crippen LogP contribution in [-0.2, 0) is 42.9 Å². The predicted octanol–water partition coefficient (Wildman–Crippen LogP) is -2.42. The molecule has 34 heteroatoms. The van der Waals surface area contributed by atoms with Gasteiger partial charge in [-0.2, -0.15) is 0 Å². The average Bonchev–Trinajstić information content (AvgIpc) is 1.57. The molecule has 5 heterocycles. The van der Waals surface area contributed by atoms with Gasteiger partial charge in [-0.25, -0.2) is 5.26 Å². The summed E-state index contributed by atoms with van der Waals surface area (Å²) in [6.07, 6.45) is -16.1. The number of phenolic OH excluding ortho intramolecular Hbond substituents is 1. The fourth-order valence-electron chi connectivity index (χ4n) is 11.6. The number of para-hydroxylation sites is 1. The van der Waals surface area contributed by atoms with E-state index >= 15 is 0 Å². The quantitative estimate of drug-likeness (QED) is 0.0199. The Labute approximate surface area is 544 Å². The van der Waals surface area contributed by atoms with Gasteiger partial charge in [0.2, 0.25) is 41.4 Å². The highest BCUT2D eigenvalue weighted by Crippen LogP contribution is 2.35. The minimum atomic E-state index is -2.53. The Morgan fingerprint density at radius 1 is 0.723 bits per heavy atom. The zero-order valence-corrected chi connectivity index (χ0v) is 52.1. The molecular formula is C60H72N12O20S2. The molecule has 94 heavy (non-hydrogen) atoms. The van der Waals surface area contributed by atoms with E-state index in [1.165, 1.54) is 36.1 Å². The molecule has 14 unspecified atom stereocenters. The van der Waals surface area contributed by atoms with Crippen molar-refractivity contribution in [3.8, 4) is 32.6 Å². The lowest BCUT2D eigenvalue weighted by Crippen LogP contribution is -2.64. The second-order valence-electron chi connectivity index (χ2n) is 23.2. The maximum absolute atomic E-state index is 14.7. The number of β-amino-alcohol motifs (C(OH)–C–C–N with tert-alkyl or cyclic N) is 1. The molecule has 0 spiro atoms. The van der Waals surface area contributed by atoms with Crippen molar-refractivity contribution in [3.63, 3.8) is 0 Å². The number of nitrogens with zero attached hydrogens (tertiary/aromatic N) is 6. The number of nitrogens with one attached hydrogen (secondary N) is 5. The number of carbonyl (C=O) groups is 8. The molecule has 4 saturated heterocycles. The molecule has 16 N–H and O–H groups in total. The van der Waals surface area contributed by atoms with E-state index in [0.717, 1.165) is 72.4 Å². The molecule has 0 saturated carbocycles. The molecule has 5 aromatic rings. The van der Waals surface area contributed by atoms with Crippen LogP contribution in [0.5, 0.6) is 11.5 Å². The Balaban J connectivity index is 0.973. The van der Waals surface area contributed by atoms with Crippen LogP contribution in [0.15, 0.2) is 97.1 Å². The van der Waals surface area contributed by atoms with E-state index < -0.39 is 183 Å². The van der Waals surface area contributed by atoms with Crippen molar-refractivity contribution in [3.05, 3.63) is 108 Å². The zero-order valence-electron chi connectivity index (χ0n) is 50.5. The molecule has 0 radical (unpaired) electrons. The third-order valence-electron chi connectivity index (χ3n) is 16.6. The first-order valence-corrected chi connectivity index (χ1v) is 31.3. The molecule has 32 nitrogen and oxygen atoms in total. The molecule has 9 rings (SSSR count). The Morgan fingerprint density at radius 3 is 1.94 bits per heavy atom. The number of aliphatic hydroxyl groups is 7. The number of fused-ring (bicyclic) bond motifs is 2. The first-order chi connectivity index (χ1) is 44.9. The number of aromatic nitrogens is 2. The van der Waals surface area contributed by atoms with E-state index in [2.05, 4.69) is 68.1 Å². The maximum Gasteiger partial charge on any atom is 0.261 e. The molecule has 4 fully saturated rings. The normalized spacial score (nSPS) is 25.7. The number of anilines is 2. The number of nitrogens with two attached hydrogens (primary N) is 1. The first-order valence-electron chi connectivity index (χ1n) is 29.8. The Kier molecular flexibility index (Phi) is 23.0. The monoisotopic (exact) mass is 1340 g/mol. The number of carbonyl (C=O) groups excluding carboxylic acids is 8. The largest absolute Gasteiger partial charge is 0.504 e. The van der Waals surface area contributed by atoms with Crippen LogP contribution in [0.25, 0.3) is 21.1 Å². The summed E-state index contributed by atoms with van der Waals surface area (Å²) in [5.74, 6) is -11.9. The SMILES string of the molecule is CC(O)C1NC(=O)C(NC(=O)c2ccc(-c3nnc(-c4ccc(N5CCN(c6ccccc6)CC5)cc4)s3)cc2)CC(O)CNC(=O)C2C(O)C(C)CN2C(=O)C(C(O)CC(N)=O)NC(=O)C(C(O)C(O)c2ccc(O)c(OSOOO)c2)NC(=O)C2CC(O)CN2C1=O. The Bertz CT molecular complexity index is 3520. The highest BCUT2D eigenvalue weighted by molar-refractivity contribution is 7.90. The summed E-state index contributed by atoms with van der Waals surface area (Å²) in [4.78, 5) is 120. The highest BCUT2D eigenvalue weighted by atomic mass is 32.2. The van der Waals surface area contributed by atoms with Crippen LogP contribution in [0.3, 0.4) is 0 Å². The lowest BCUT2D eigenvalue weighted by atomic mass is 9.96. The lowest BCUT2D eigenvalue weighted by molar-refractivity contribution is -0.433. The van der Waals surface area contributed by atoms with E-state index in [4.69, 9.17) is 15.2 Å². The van der Waals surface area contributed by atoms with Crippen LogP contribution >= 0.6 is 23.7 Å². The summed E-state index contributed by atoms with van der Waals surface area (Å²) in [7, 11) is 0. The van der Waals surface area contributed by atoms with Crippen molar-refractivity contribution in [1.82, 2.24) is 46.6 Å². The number of benzene rings is 4. The molecule has 0 aliphatic carbocycles. The number of aromatic hydroxyl groups is 1. The fraction of sp³-hybridized carbons (Fsp3) is 0.433. The Morgan fingerprint density at radius 2 is 1.32 bits per heavy atom. The first kappa shape index (κ1) is 69.7. The van der Waals surface area contributed by atoms with Gasteiger partial charge >= 0.3 is 0 Å². The van der Waals surface area contributed by atoms with Crippen molar-refractivity contribution < 1.29 is 98.0 Å². The third kappa shape index (κ3) is 16.5. The van der Waals surface area contributed by atoms with Crippen molar-refractivity contribution >= 4 is 82.3 Å². The number of phenols is 1. The van der Waals surface area contributed by atoms with Gasteiger partial charge in [0.05, 0.1) is 36.9 Å². The van der Waals surface area contributed by atoms with Gasteiger partial charge in [-0.05, 0) is 73.2 Å². The van der Waals surface area contributed by atoms with E-state index in [9.17, 15) is 79.2 Å². The summed E-state index contributed by atoms with van der Waals surface area (Å²) in [5.41, 5.74) is 8.71. The van der Waals surface area contributed by atoms with Crippen LogP contribution in [0.4, 0.5) is 11.4 Å². The van der Waals surface area contributed by atoms with Crippen LogP contribution in [0, 0.1) is 5.92 Å². The number of amides is 8. The van der Waals surface area contributed by atoms with Crippen molar-refractivity contribution in [1.29, 1.82) is 0 Å². The lowest BCUT2D eigenvalue weighted by Gasteiger charge is -2.37. The summed E-state index contributed by atoms with van der Waals surface area (Å²) < 4.78 is 9.21. The molecular weight excluding hydrogens is 1270 g/mol. The number of rotatable bonds is 17. The van der Waals surface area contributed by atoms with Gasteiger partial charge in [0.25, 0.3) is 18.2 Å². The second kappa shape index (κ2) is 31.1. The van der Waals surface area contributed by atoms with E-state index in [0.29, 0.717) is 15.6 Å². The number of primary amides is 1. The number of aliphatic hydroxyl groups excluding tert-OH is 7. The summed E-state index contributed by atoms with van der Waals surface area (Å²) >= 11 is 1.29. The smallest absolute Gasteiger partial charge is 0.261 e. The van der Waals surface area contributed by atoms with Gasteiger partial charge in [-0.1, -0.05) is 64.0 Å². The van der Waals surface area contributed by atoms with Gasteiger partial charge < -0.3 is 97.0 Å². The number of hydrogen-bond acceptors (Lipinski definition) is 26. The minimum absolute atomic E-state index is 0.00669. The molecule has 14 atom stereocenters. The highest BCUT2D eigenvalue weighted by Gasteiger charge is 2.50. The zero-order chi connectivity index (χ0) is 67.7. The Hall–Kier alpha value is -8.65. The molecule has 1 aromatic heterocycles. The van der Waals surface area contributed by atoms with Gasteiger partial charge in [0.15, 0.2) is 11.5 Å². The van der Waals surface area contributed by atoms with Crippen LogP contribution < -0.4 is 46.3 Å². The van der Waals surface area contributed by atoms with E-state index in [1.54, 1.807) is 12.1 Å². The molecule has 8 amide bonds. The molecule has 4 aliphatic heterocycles. The van der Waals surface area contributed by atoms with Gasteiger partial charge in [-0.15, -0.1) is 10.2 Å². The summed E-state index contributed by atoms with van der Waals surface area (Å²) in [5, 5.41) is 124. The van der Waals surface area contributed by atoms with Crippen molar-refractivity contribution in [2.45, 2.75) is 112 Å². The molecule has 504 valence electrons. The van der Waals surface area contributed by atoms with E-state index in [1.807, 2.05) is 42.5 Å². The van der Waals surface area contributed by atoms with Crippen molar-refractivity contribution in [2.75, 3.05) is 55.6 Å². The van der Waals surface area contributed by atoms with Gasteiger partial charge in [-0.3, -0.25) is 38.4 Å².